The van der Waals surface area contributed by atoms with E-state index in [1.54, 1.807) is 0 Å². The van der Waals surface area contributed by atoms with E-state index in [1.165, 1.54) is 11.3 Å². The minimum Gasteiger partial charge on any atom is -0.369 e. The molecule has 0 radical (unpaired) electrons. The molecule has 1 heterocycles. The van der Waals surface area contributed by atoms with Gasteiger partial charge in [0.1, 0.15) is 0 Å². The number of urea groups is 1. The number of aryl methyl sites for hydroxylation is 1. The normalized spacial score (nSPS) is 16.7. The molecule has 5 nitrogen and oxygen atoms in total. The third kappa shape index (κ3) is 2.92. The first-order chi connectivity index (χ1) is 8.56. The second kappa shape index (κ2) is 5.27. The Morgan fingerprint density at radius 1 is 1.28 bits per heavy atom. The molecule has 2 amide bonds. The molecule has 0 atom stereocenters. The molecule has 5 heteroatoms. The van der Waals surface area contributed by atoms with Crippen molar-refractivity contribution >= 4 is 17.4 Å². The summed E-state index contributed by atoms with van der Waals surface area (Å²) in [6, 6.07) is 5.35. The average molecular weight is 248 g/mol. The van der Waals surface area contributed by atoms with E-state index in [1.807, 2.05) is 18.2 Å². The van der Waals surface area contributed by atoms with Gasteiger partial charge < -0.3 is 20.9 Å². The maximum atomic E-state index is 10.9. The van der Waals surface area contributed by atoms with Gasteiger partial charge in [-0.05, 0) is 31.7 Å². The van der Waals surface area contributed by atoms with Crippen LogP contribution in [-0.2, 0) is 0 Å². The van der Waals surface area contributed by atoms with Crippen LogP contribution in [0.3, 0.4) is 0 Å². The van der Waals surface area contributed by atoms with Gasteiger partial charge in [0.15, 0.2) is 0 Å². The van der Waals surface area contributed by atoms with Crippen LogP contribution >= 0.6 is 0 Å². The smallest absolute Gasteiger partial charge is 0.316 e. The lowest BCUT2D eigenvalue weighted by Crippen LogP contribution is -2.44. The lowest BCUT2D eigenvalue weighted by Gasteiger charge is -2.35. The van der Waals surface area contributed by atoms with E-state index in [0.29, 0.717) is 0 Å². The van der Waals surface area contributed by atoms with Crippen LogP contribution in [0.1, 0.15) is 5.56 Å². The van der Waals surface area contributed by atoms with Crippen molar-refractivity contribution in [1.29, 1.82) is 0 Å². The minimum absolute atomic E-state index is 0.525. The summed E-state index contributed by atoms with van der Waals surface area (Å²) >= 11 is 0. The number of benzene rings is 1. The van der Waals surface area contributed by atoms with E-state index < -0.39 is 6.03 Å². The number of amides is 2. The van der Waals surface area contributed by atoms with Crippen molar-refractivity contribution in [2.45, 2.75) is 6.92 Å². The van der Waals surface area contributed by atoms with Crippen molar-refractivity contribution in [3.63, 3.8) is 0 Å². The van der Waals surface area contributed by atoms with Crippen molar-refractivity contribution in [2.75, 3.05) is 43.4 Å². The van der Waals surface area contributed by atoms with Crippen molar-refractivity contribution in [3.05, 3.63) is 23.8 Å². The monoisotopic (exact) mass is 248 g/mol. The van der Waals surface area contributed by atoms with Gasteiger partial charge in [-0.3, -0.25) is 0 Å². The minimum atomic E-state index is -0.525. The van der Waals surface area contributed by atoms with E-state index in [0.717, 1.165) is 31.9 Å². The molecule has 1 aliphatic rings. The number of nitrogens with zero attached hydrogens (tertiary/aromatic N) is 2. The summed E-state index contributed by atoms with van der Waals surface area (Å²) in [4.78, 5) is 15.5. The molecule has 1 fully saturated rings. The lowest BCUT2D eigenvalue weighted by molar-refractivity contribution is 0.259. The zero-order valence-electron chi connectivity index (χ0n) is 10.9. The zero-order chi connectivity index (χ0) is 13.1. The average Bonchev–Trinajstić information content (AvgIpc) is 2.32. The van der Waals surface area contributed by atoms with Gasteiger partial charge in [0.25, 0.3) is 0 Å². The van der Waals surface area contributed by atoms with E-state index in [-0.39, 0.29) is 0 Å². The molecule has 0 spiro atoms. The maximum Gasteiger partial charge on any atom is 0.316 e. The van der Waals surface area contributed by atoms with Gasteiger partial charge in [-0.15, -0.1) is 0 Å². The summed E-state index contributed by atoms with van der Waals surface area (Å²) in [5, 5.41) is 2.62. The van der Waals surface area contributed by atoms with Gasteiger partial charge in [-0.1, -0.05) is 6.07 Å². The molecule has 1 aromatic rings. The lowest BCUT2D eigenvalue weighted by atomic mass is 10.1. The summed E-state index contributed by atoms with van der Waals surface area (Å²) in [5.41, 5.74) is 8.28. The number of primary amides is 1. The van der Waals surface area contributed by atoms with Crippen LogP contribution in [0.15, 0.2) is 18.2 Å². The summed E-state index contributed by atoms with van der Waals surface area (Å²) < 4.78 is 0. The number of piperazine rings is 1. The third-order valence-corrected chi connectivity index (χ3v) is 3.32. The predicted octanol–water partition coefficient (Wildman–Crippen LogP) is 1.24. The van der Waals surface area contributed by atoms with E-state index >= 15 is 0 Å². The highest BCUT2D eigenvalue weighted by Crippen LogP contribution is 2.25. The Bertz CT molecular complexity index is 439. The molecule has 1 saturated heterocycles. The van der Waals surface area contributed by atoms with Crippen molar-refractivity contribution in [2.24, 2.45) is 5.73 Å². The molecule has 3 N–H and O–H groups in total. The Morgan fingerprint density at radius 2 is 1.94 bits per heavy atom. The number of nitrogens with one attached hydrogen (secondary N) is 1. The van der Waals surface area contributed by atoms with Gasteiger partial charge >= 0.3 is 6.03 Å². The molecular formula is C13H20N4O. The first-order valence-electron chi connectivity index (χ1n) is 6.17. The standard InChI is InChI=1S/C13H20N4O/c1-10-3-4-11(15-13(14)18)9-12(10)17-7-5-16(2)6-8-17/h3-4,9H,5-8H2,1-2H3,(H3,14,15,18). The largest absolute Gasteiger partial charge is 0.369 e. The Balaban J connectivity index is 2.18. The van der Waals surface area contributed by atoms with Gasteiger partial charge in [0, 0.05) is 37.6 Å². The molecule has 0 bridgehead atoms. The Morgan fingerprint density at radius 3 is 2.56 bits per heavy atom. The van der Waals surface area contributed by atoms with Crippen LogP contribution in [0.2, 0.25) is 0 Å². The van der Waals surface area contributed by atoms with Gasteiger partial charge in [0.2, 0.25) is 0 Å². The molecule has 0 aliphatic carbocycles. The molecule has 0 unspecified atom stereocenters. The molecule has 1 aliphatic heterocycles. The summed E-state index contributed by atoms with van der Waals surface area (Å²) in [6.45, 7) is 6.23. The third-order valence-electron chi connectivity index (χ3n) is 3.32. The number of likely N-dealkylation sites (N-methyl/N-ethyl adjacent to an activating group) is 1. The summed E-state index contributed by atoms with van der Waals surface area (Å²) in [5.74, 6) is 0. The van der Waals surface area contributed by atoms with Crippen LogP contribution in [0.4, 0.5) is 16.2 Å². The maximum absolute atomic E-state index is 10.9. The van der Waals surface area contributed by atoms with Crippen molar-refractivity contribution in [1.82, 2.24) is 4.90 Å². The van der Waals surface area contributed by atoms with Gasteiger partial charge in [-0.2, -0.15) is 0 Å². The summed E-state index contributed by atoms with van der Waals surface area (Å²) in [7, 11) is 2.13. The van der Waals surface area contributed by atoms with Crippen LogP contribution in [0.5, 0.6) is 0 Å². The second-order valence-corrected chi connectivity index (χ2v) is 4.78. The highest BCUT2D eigenvalue weighted by Gasteiger charge is 2.16. The number of carbonyl (C=O) groups excluding carboxylic acids is 1. The zero-order valence-corrected chi connectivity index (χ0v) is 10.9. The van der Waals surface area contributed by atoms with Crippen molar-refractivity contribution < 1.29 is 4.79 Å². The Kier molecular flexibility index (Phi) is 3.72. The molecule has 2 rings (SSSR count). The SMILES string of the molecule is Cc1ccc(NC(N)=O)cc1N1CCN(C)CC1. The fourth-order valence-electron chi connectivity index (χ4n) is 2.22. The van der Waals surface area contributed by atoms with Crippen molar-refractivity contribution in [3.8, 4) is 0 Å². The number of rotatable bonds is 2. The number of hydrogen-bond acceptors (Lipinski definition) is 3. The molecule has 1 aromatic carbocycles. The molecular weight excluding hydrogens is 228 g/mol. The van der Waals surface area contributed by atoms with E-state index in [4.69, 9.17) is 5.73 Å². The highest BCUT2D eigenvalue weighted by molar-refractivity contribution is 5.88. The Hall–Kier alpha value is -1.75. The molecule has 98 valence electrons. The van der Waals surface area contributed by atoms with Crippen LogP contribution in [-0.4, -0.2) is 44.2 Å². The fourth-order valence-corrected chi connectivity index (χ4v) is 2.22. The Labute approximate surface area is 108 Å². The fraction of sp³-hybridized carbons (Fsp3) is 0.462. The van der Waals surface area contributed by atoms with Crippen LogP contribution in [0, 0.1) is 6.92 Å². The first kappa shape index (κ1) is 12.7. The molecule has 0 aromatic heterocycles. The number of hydrogen-bond donors (Lipinski definition) is 2. The highest BCUT2D eigenvalue weighted by atomic mass is 16.2. The molecule has 18 heavy (non-hydrogen) atoms. The predicted molar refractivity (Wildman–Crippen MR) is 74.1 cm³/mol. The van der Waals surface area contributed by atoms with Crippen LogP contribution in [0.25, 0.3) is 0 Å². The first-order valence-corrected chi connectivity index (χ1v) is 6.17. The number of nitrogens with two attached hydrogens (primary N) is 1. The van der Waals surface area contributed by atoms with E-state index in [2.05, 4.69) is 29.1 Å². The molecule has 0 saturated carbocycles. The van der Waals surface area contributed by atoms with Gasteiger partial charge in [-0.25, -0.2) is 4.79 Å². The second-order valence-electron chi connectivity index (χ2n) is 4.78. The topological polar surface area (TPSA) is 61.6 Å². The number of carbonyl (C=O) groups is 1. The van der Waals surface area contributed by atoms with Crippen LogP contribution < -0.4 is 16.0 Å². The quantitative estimate of drug-likeness (QED) is 0.827. The summed E-state index contributed by atoms with van der Waals surface area (Å²) in [6.07, 6.45) is 0. The number of anilines is 2. The van der Waals surface area contributed by atoms with E-state index in [9.17, 15) is 4.79 Å². The van der Waals surface area contributed by atoms with Gasteiger partial charge in [0.05, 0.1) is 0 Å².